The summed E-state index contributed by atoms with van der Waals surface area (Å²) < 4.78 is 5.65. The van der Waals surface area contributed by atoms with Crippen LogP contribution >= 0.6 is 0 Å². The van der Waals surface area contributed by atoms with Crippen molar-refractivity contribution in [1.82, 2.24) is 0 Å². The van der Waals surface area contributed by atoms with Crippen molar-refractivity contribution in [3.63, 3.8) is 0 Å². The van der Waals surface area contributed by atoms with Gasteiger partial charge in [0.2, 0.25) is 0 Å². The van der Waals surface area contributed by atoms with Crippen LogP contribution in [-0.4, -0.2) is 13.2 Å². The number of ether oxygens (including phenoxy) is 1. The predicted molar refractivity (Wildman–Crippen MR) is 62.9 cm³/mol. The molecule has 0 saturated carbocycles. The second-order valence-corrected chi connectivity index (χ2v) is 5.53. The summed E-state index contributed by atoms with van der Waals surface area (Å²) in [7, 11) is 0. The molecule has 2 unspecified atom stereocenters. The van der Waals surface area contributed by atoms with Crippen molar-refractivity contribution in [2.45, 2.75) is 26.7 Å². The summed E-state index contributed by atoms with van der Waals surface area (Å²) in [5.74, 6) is 1.21. The molecule has 0 radical (unpaired) electrons. The van der Waals surface area contributed by atoms with Crippen LogP contribution in [-0.2, 0) is 4.74 Å². The molecule has 1 aromatic carbocycles. The van der Waals surface area contributed by atoms with Gasteiger partial charge in [0, 0.05) is 5.92 Å². The SMILES string of the molecule is CC(C)(C)C1COCC1c1ccccc1. The first-order chi connectivity index (χ1) is 7.09. The molecule has 82 valence electrons. The summed E-state index contributed by atoms with van der Waals surface area (Å²) in [6, 6.07) is 10.8. The van der Waals surface area contributed by atoms with Gasteiger partial charge in [0.05, 0.1) is 13.2 Å². The van der Waals surface area contributed by atoms with E-state index in [9.17, 15) is 0 Å². The van der Waals surface area contributed by atoms with Crippen LogP contribution < -0.4 is 0 Å². The molecule has 1 heterocycles. The van der Waals surface area contributed by atoms with E-state index in [1.807, 2.05) is 0 Å². The Balaban J connectivity index is 2.23. The summed E-state index contributed by atoms with van der Waals surface area (Å²) >= 11 is 0. The molecule has 1 saturated heterocycles. The van der Waals surface area contributed by atoms with E-state index in [-0.39, 0.29) is 0 Å². The van der Waals surface area contributed by atoms with Crippen LogP contribution in [0.25, 0.3) is 0 Å². The lowest BCUT2D eigenvalue weighted by atomic mass is 9.73. The van der Waals surface area contributed by atoms with E-state index < -0.39 is 0 Å². The summed E-state index contributed by atoms with van der Waals surface area (Å²) in [5, 5.41) is 0. The maximum absolute atomic E-state index is 5.65. The molecule has 0 N–H and O–H groups in total. The molecule has 0 aliphatic carbocycles. The molecule has 2 atom stereocenters. The smallest absolute Gasteiger partial charge is 0.0538 e. The normalized spacial score (nSPS) is 26.9. The van der Waals surface area contributed by atoms with Gasteiger partial charge in [0.15, 0.2) is 0 Å². The van der Waals surface area contributed by atoms with Crippen molar-refractivity contribution in [2.24, 2.45) is 11.3 Å². The minimum atomic E-state index is 0.330. The highest BCUT2D eigenvalue weighted by Gasteiger charge is 2.37. The average Bonchev–Trinajstić information content (AvgIpc) is 2.67. The second-order valence-electron chi connectivity index (χ2n) is 5.53. The van der Waals surface area contributed by atoms with Gasteiger partial charge in [-0.05, 0) is 16.9 Å². The molecule has 2 rings (SSSR count). The zero-order valence-electron chi connectivity index (χ0n) is 9.86. The first kappa shape index (κ1) is 10.7. The van der Waals surface area contributed by atoms with Crippen LogP contribution in [0.4, 0.5) is 0 Å². The molecule has 1 aromatic rings. The molecule has 0 aromatic heterocycles. The topological polar surface area (TPSA) is 9.23 Å². The van der Waals surface area contributed by atoms with E-state index in [1.165, 1.54) is 5.56 Å². The molecule has 1 fully saturated rings. The van der Waals surface area contributed by atoms with Gasteiger partial charge < -0.3 is 4.74 Å². The summed E-state index contributed by atoms with van der Waals surface area (Å²) in [4.78, 5) is 0. The average molecular weight is 204 g/mol. The fourth-order valence-corrected chi connectivity index (χ4v) is 2.44. The largest absolute Gasteiger partial charge is 0.380 e. The minimum Gasteiger partial charge on any atom is -0.380 e. The Labute approximate surface area is 92.5 Å². The van der Waals surface area contributed by atoms with Crippen LogP contribution in [0.2, 0.25) is 0 Å². The molecular weight excluding hydrogens is 184 g/mol. The molecule has 0 spiro atoms. The second kappa shape index (κ2) is 3.97. The summed E-state index contributed by atoms with van der Waals surface area (Å²) in [6.45, 7) is 8.71. The van der Waals surface area contributed by atoms with Crippen LogP contribution in [0.15, 0.2) is 30.3 Å². The van der Waals surface area contributed by atoms with Crippen molar-refractivity contribution >= 4 is 0 Å². The Morgan fingerprint density at radius 3 is 2.33 bits per heavy atom. The zero-order valence-corrected chi connectivity index (χ0v) is 9.86. The van der Waals surface area contributed by atoms with E-state index >= 15 is 0 Å². The Morgan fingerprint density at radius 1 is 1.07 bits per heavy atom. The minimum absolute atomic E-state index is 0.330. The van der Waals surface area contributed by atoms with Crippen LogP contribution in [0, 0.1) is 11.3 Å². The molecular formula is C14H20O. The van der Waals surface area contributed by atoms with Crippen molar-refractivity contribution in [1.29, 1.82) is 0 Å². The van der Waals surface area contributed by atoms with E-state index in [1.54, 1.807) is 0 Å². The van der Waals surface area contributed by atoms with E-state index in [2.05, 4.69) is 51.1 Å². The summed E-state index contributed by atoms with van der Waals surface area (Å²) in [5.41, 5.74) is 1.76. The highest BCUT2D eigenvalue weighted by molar-refractivity contribution is 5.22. The Hall–Kier alpha value is -0.820. The van der Waals surface area contributed by atoms with E-state index in [0.717, 1.165) is 13.2 Å². The zero-order chi connectivity index (χ0) is 10.9. The maximum atomic E-state index is 5.65. The van der Waals surface area contributed by atoms with Crippen molar-refractivity contribution < 1.29 is 4.74 Å². The monoisotopic (exact) mass is 204 g/mol. The van der Waals surface area contributed by atoms with Crippen molar-refractivity contribution in [3.8, 4) is 0 Å². The fraction of sp³-hybridized carbons (Fsp3) is 0.571. The van der Waals surface area contributed by atoms with Gasteiger partial charge in [-0.1, -0.05) is 51.1 Å². The third kappa shape index (κ3) is 2.23. The third-order valence-corrected chi connectivity index (χ3v) is 3.42. The fourth-order valence-electron chi connectivity index (χ4n) is 2.44. The molecule has 15 heavy (non-hydrogen) atoms. The number of hydrogen-bond donors (Lipinski definition) is 0. The van der Waals surface area contributed by atoms with Crippen molar-refractivity contribution in [2.75, 3.05) is 13.2 Å². The van der Waals surface area contributed by atoms with Gasteiger partial charge in [0.25, 0.3) is 0 Å². The molecule has 1 aliphatic heterocycles. The standard InChI is InChI=1S/C14H20O/c1-14(2,3)13-10-15-9-12(13)11-7-5-4-6-8-11/h4-8,12-13H,9-10H2,1-3H3. The van der Waals surface area contributed by atoms with Gasteiger partial charge in [-0.3, -0.25) is 0 Å². The Kier molecular flexibility index (Phi) is 2.83. The lowest BCUT2D eigenvalue weighted by Crippen LogP contribution is -2.25. The highest BCUT2D eigenvalue weighted by Crippen LogP contribution is 2.41. The quantitative estimate of drug-likeness (QED) is 0.680. The van der Waals surface area contributed by atoms with Crippen LogP contribution in [0.3, 0.4) is 0 Å². The van der Waals surface area contributed by atoms with Crippen molar-refractivity contribution in [3.05, 3.63) is 35.9 Å². The maximum Gasteiger partial charge on any atom is 0.0538 e. The Bertz CT molecular complexity index is 310. The van der Waals surface area contributed by atoms with Crippen LogP contribution in [0.1, 0.15) is 32.3 Å². The molecule has 1 nitrogen and oxygen atoms in total. The Morgan fingerprint density at radius 2 is 1.73 bits per heavy atom. The summed E-state index contributed by atoms with van der Waals surface area (Å²) in [6.07, 6.45) is 0. The van der Waals surface area contributed by atoms with E-state index in [0.29, 0.717) is 17.3 Å². The van der Waals surface area contributed by atoms with Gasteiger partial charge in [-0.25, -0.2) is 0 Å². The highest BCUT2D eigenvalue weighted by atomic mass is 16.5. The van der Waals surface area contributed by atoms with Crippen LogP contribution in [0.5, 0.6) is 0 Å². The molecule has 1 aliphatic rings. The van der Waals surface area contributed by atoms with E-state index in [4.69, 9.17) is 4.74 Å². The van der Waals surface area contributed by atoms with Gasteiger partial charge in [-0.2, -0.15) is 0 Å². The third-order valence-electron chi connectivity index (χ3n) is 3.42. The van der Waals surface area contributed by atoms with Gasteiger partial charge in [0.1, 0.15) is 0 Å². The number of benzene rings is 1. The lowest BCUT2D eigenvalue weighted by Gasteiger charge is -2.30. The first-order valence-corrected chi connectivity index (χ1v) is 5.72. The van der Waals surface area contributed by atoms with Gasteiger partial charge in [-0.15, -0.1) is 0 Å². The molecule has 0 amide bonds. The number of hydrogen-bond acceptors (Lipinski definition) is 1. The number of rotatable bonds is 1. The molecule has 0 bridgehead atoms. The predicted octanol–water partition coefficient (Wildman–Crippen LogP) is 3.46. The lowest BCUT2D eigenvalue weighted by molar-refractivity contribution is 0.152. The first-order valence-electron chi connectivity index (χ1n) is 5.72. The van der Waals surface area contributed by atoms with Gasteiger partial charge >= 0.3 is 0 Å². The molecule has 1 heteroatoms.